The van der Waals surface area contributed by atoms with E-state index in [1.165, 1.54) is 0 Å². The quantitative estimate of drug-likeness (QED) is 0.336. The number of hydrogen-bond donors (Lipinski definition) is 3. The highest BCUT2D eigenvalue weighted by Crippen LogP contribution is 2.26. The number of thiol groups is 1. The first-order valence-corrected chi connectivity index (χ1v) is 6.01. The van der Waals surface area contributed by atoms with Crippen molar-refractivity contribution in [2.24, 2.45) is 0 Å². The fourth-order valence-electron chi connectivity index (χ4n) is 2.12. The summed E-state index contributed by atoms with van der Waals surface area (Å²) < 4.78 is 0. The van der Waals surface area contributed by atoms with E-state index < -0.39 is 0 Å². The Bertz CT molecular complexity index is 949. The lowest BCUT2D eigenvalue weighted by Crippen LogP contribution is -1.93. The Morgan fingerprint density at radius 2 is 1.84 bits per heavy atom. The molecule has 92 valence electrons. The van der Waals surface area contributed by atoms with E-state index in [2.05, 4.69) is 37.5 Å². The van der Waals surface area contributed by atoms with Crippen LogP contribution in [0.1, 0.15) is 0 Å². The number of para-hydroxylation sites is 1. The molecule has 3 heterocycles. The molecule has 0 atom stereocenters. The van der Waals surface area contributed by atoms with E-state index in [-0.39, 0.29) is 16.6 Å². The van der Waals surface area contributed by atoms with Crippen LogP contribution in [0.3, 0.4) is 0 Å². The molecule has 0 aliphatic heterocycles. The molecule has 3 aromatic heterocycles. The fourth-order valence-corrected chi connectivity index (χ4v) is 2.31. The van der Waals surface area contributed by atoms with E-state index >= 15 is 0 Å². The van der Waals surface area contributed by atoms with Crippen LogP contribution in [0, 0.1) is 0 Å². The molecule has 6 nitrogen and oxygen atoms in total. The molecule has 0 radical (unpaired) electrons. The van der Waals surface area contributed by atoms with Crippen molar-refractivity contribution in [2.75, 3.05) is 0 Å². The summed E-state index contributed by atoms with van der Waals surface area (Å²) in [6.45, 7) is 0. The third-order valence-electron chi connectivity index (χ3n) is 2.94. The highest BCUT2D eigenvalue weighted by Gasteiger charge is 2.13. The molecule has 0 fully saturated rings. The lowest BCUT2D eigenvalue weighted by atomic mass is 10.2. The molecule has 0 amide bonds. The SMILES string of the molecule is Oc1nc(S)nc2nc3[nH]c4ccccc4c3nc12. The lowest BCUT2D eigenvalue weighted by molar-refractivity contribution is 0.452. The summed E-state index contributed by atoms with van der Waals surface area (Å²) in [5, 5.41) is 10.9. The Hall–Kier alpha value is -2.41. The van der Waals surface area contributed by atoms with Gasteiger partial charge in [-0.05, 0) is 6.07 Å². The summed E-state index contributed by atoms with van der Waals surface area (Å²) in [4.78, 5) is 19.8. The first kappa shape index (κ1) is 10.5. The fraction of sp³-hybridized carbons (Fsp3) is 0. The summed E-state index contributed by atoms with van der Waals surface area (Å²) in [5.41, 5.74) is 2.84. The molecule has 0 saturated carbocycles. The van der Waals surface area contributed by atoms with Crippen LogP contribution < -0.4 is 0 Å². The van der Waals surface area contributed by atoms with Crippen LogP contribution in [0.4, 0.5) is 0 Å². The van der Waals surface area contributed by atoms with Gasteiger partial charge in [0, 0.05) is 10.9 Å². The Morgan fingerprint density at radius 1 is 1.00 bits per heavy atom. The van der Waals surface area contributed by atoms with Gasteiger partial charge in [-0.1, -0.05) is 18.2 Å². The number of hydrogen-bond acceptors (Lipinski definition) is 6. The van der Waals surface area contributed by atoms with E-state index in [0.29, 0.717) is 16.8 Å². The highest BCUT2D eigenvalue weighted by molar-refractivity contribution is 7.80. The second-order valence-electron chi connectivity index (χ2n) is 4.11. The smallest absolute Gasteiger partial charge is 0.243 e. The Kier molecular flexibility index (Phi) is 1.96. The van der Waals surface area contributed by atoms with Crippen LogP contribution in [-0.4, -0.2) is 30.0 Å². The van der Waals surface area contributed by atoms with Crippen molar-refractivity contribution in [3.8, 4) is 5.88 Å². The molecule has 0 bridgehead atoms. The number of nitrogens with one attached hydrogen (secondary N) is 1. The van der Waals surface area contributed by atoms with Crippen molar-refractivity contribution in [1.82, 2.24) is 24.9 Å². The van der Waals surface area contributed by atoms with Gasteiger partial charge in [-0.3, -0.25) is 0 Å². The molecule has 2 N–H and O–H groups in total. The van der Waals surface area contributed by atoms with E-state index in [9.17, 15) is 5.11 Å². The van der Waals surface area contributed by atoms with Gasteiger partial charge in [-0.25, -0.2) is 15.0 Å². The molecule has 7 heteroatoms. The number of H-pyrrole nitrogens is 1. The number of fused-ring (bicyclic) bond motifs is 4. The Balaban J connectivity index is 2.25. The predicted molar refractivity (Wildman–Crippen MR) is 73.4 cm³/mol. The molecule has 0 unspecified atom stereocenters. The van der Waals surface area contributed by atoms with Crippen molar-refractivity contribution in [2.45, 2.75) is 5.16 Å². The molecule has 0 aliphatic rings. The maximum atomic E-state index is 9.81. The lowest BCUT2D eigenvalue weighted by Gasteiger charge is -1.99. The molecule has 4 aromatic rings. The van der Waals surface area contributed by atoms with E-state index in [0.717, 1.165) is 10.9 Å². The number of benzene rings is 1. The number of aromatic nitrogens is 5. The van der Waals surface area contributed by atoms with Gasteiger partial charge in [-0.15, -0.1) is 12.6 Å². The van der Waals surface area contributed by atoms with Gasteiger partial charge >= 0.3 is 0 Å². The average Bonchev–Trinajstić information content (AvgIpc) is 2.74. The predicted octanol–water partition coefficient (Wildman–Crippen LogP) is 2.05. The Labute approximate surface area is 112 Å². The van der Waals surface area contributed by atoms with Crippen LogP contribution in [0.15, 0.2) is 29.4 Å². The van der Waals surface area contributed by atoms with Crippen molar-refractivity contribution in [3.05, 3.63) is 24.3 Å². The third-order valence-corrected chi connectivity index (χ3v) is 3.14. The summed E-state index contributed by atoms with van der Waals surface area (Å²) in [6, 6.07) is 7.74. The molecular formula is C12H7N5OS. The van der Waals surface area contributed by atoms with Crippen LogP contribution in [-0.2, 0) is 0 Å². The monoisotopic (exact) mass is 269 g/mol. The minimum atomic E-state index is -0.213. The molecule has 0 spiro atoms. The zero-order valence-electron chi connectivity index (χ0n) is 9.49. The van der Waals surface area contributed by atoms with Crippen molar-refractivity contribution in [3.63, 3.8) is 0 Å². The minimum absolute atomic E-state index is 0.162. The summed E-state index contributed by atoms with van der Waals surface area (Å²) >= 11 is 4.01. The van der Waals surface area contributed by atoms with Crippen LogP contribution >= 0.6 is 12.6 Å². The normalized spacial score (nSPS) is 11.6. The molecule has 4 rings (SSSR count). The maximum Gasteiger partial charge on any atom is 0.243 e. The molecule has 0 saturated heterocycles. The average molecular weight is 269 g/mol. The summed E-state index contributed by atoms with van der Waals surface area (Å²) in [5.74, 6) is -0.213. The van der Waals surface area contributed by atoms with Gasteiger partial charge in [0.15, 0.2) is 22.0 Å². The van der Waals surface area contributed by atoms with Gasteiger partial charge in [-0.2, -0.15) is 4.98 Å². The zero-order chi connectivity index (χ0) is 13.0. The number of nitrogens with zero attached hydrogens (tertiary/aromatic N) is 4. The highest BCUT2D eigenvalue weighted by atomic mass is 32.1. The third kappa shape index (κ3) is 1.45. The summed E-state index contributed by atoms with van der Waals surface area (Å²) in [7, 11) is 0. The zero-order valence-corrected chi connectivity index (χ0v) is 10.4. The van der Waals surface area contributed by atoms with Crippen LogP contribution in [0.5, 0.6) is 5.88 Å². The van der Waals surface area contributed by atoms with E-state index in [1.807, 2.05) is 24.3 Å². The minimum Gasteiger partial charge on any atom is -0.492 e. The molecule has 19 heavy (non-hydrogen) atoms. The first-order chi connectivity index (χ1) is 9.22. The number of rotatable bonds is 0. The number of aromatic amines is 1. The molecule has 1 aromatic carbocycles. The van der Waals surface area contributed by atoms with Crippen molar-refractivity contribution < 1.29 is 5.11 Å². The molecule has 0 aliphatic carbocycles. The molecular weight excluding hydrogens is 262 g/mol. The van der Waals surface area contributed by atoms with Gasteiger partial charge < -0.3 is 10.1 Å². The van der Waals surface area contributed by atoms with Crippen LogP contribution in [0.25, 0.3) is 33.2 Å². The standard InChI is InChI=1S/C12H7N5OS/c18-11-8-10(16-12(19)17-11)15-9-7(14-8)5-3-1-2-4-6(5)13-9/h1-4H,(H3,13,15,16,17,18,19). The largest absolute Gasteiger partial charge is 0.492 e. The second-order valence-corrected chi connectivity index (χ2v) is 4.51. The maximum absolute atomic E-state index is 9.81. The number of aromatic hydroxyl groups is 1. The van der Waals surface area contributed by atoms with Gasteiger partial charge in [0.1, 0.15) is 5.52 Å². The van der Waals surface area contributed by atoms with E-state index in [4.69, 9.17) is 0 Å². The van der Waals surface area contributed by atoms with Crippen molar-refractivity contribution >= 4 is 45.9 Å². The summed E-state index contributed by atoms with van der Waals surface area (Å²) in [6.07, 6.45) is 0. The second kappa shape index (κ2) is 3.55. The van der Waals surface area contributed by atoms with Gasteiger partial charge in [0.2, 0.25) is 5.88 Å². The van der Waals surface area contributed by atoms with Gasteiger partial charge in [0.25, 0.3) is 0 Å². The van der Waals surface area contributed by atoms with Crippen molar-refractivity contribution in [1.29, 1.82) is 0 Å². The first-order valence-electron chi connectivity index (χ1n) is 5.56. The van der Waals surface area contributed by atoms with Crippen LogP contribution in [0.2, 0.25) is 0 Å². The topological polar surface area (TPSA) is 87.6 Å². The Morgan fingerprint density at radius 3 is 2.74 bits per heavy atom. The van der Waals surface area contributed by atoms with E-state index in [1.54, 1.807) is 0 Å². The van der Waals surface area contributed by atoms with Gasteiger partial charge in [0.05, 0.1) is 0 Å².